The number of hydrogen-bond acceptors (Lipinski definition) is 3. The normalized spacial score (nSPS) is 24.6. The maximum absolute atomic E-state index is 5.80. The lowest BCUT2D eigenvalue weighted by Gasteiger charge is -2.28. The van der Waals surface area contributed by atoms with E-state index < -0.39 is 0 Å². The van der Waals surface area contributed by atoms with Gasteiger partial charge in [0.1, 0.15) is 12.4 Å². The zero-order chi connectivity index (χ0) is 12.3. The monoisotopic (exact) mass is 235 g/mol. The van der Waals surface area contributed by atoms with Crippen molar-refractivity contribution in [1.82, 2.24) is 5.32 Å². The van der Waals surface area contributed by atoms with Crippen molar-refractivity contribution in [2.75, 3.05) is 19.8 Å². The average Bonchev–Trinajstić information content (AvgIpc) is 2.27. The first kappa shape index (κ1) is 12.4. The quantitative estimate of drug-likeness (QED) is 0.870. The van der Waals surface area contributed by atoms with Crippen molar-refractivity contribution in [1.29, 1.82) is 0 Å². The third-order valence-electron chi connectivity index (χ3n) is 2.92. The van der Waals surface area contributed by atoms with Crippen LogP contribution in [0.15, 0.2) is 18.2 Å². The van der Waals surface area contributed by atoms with Gasteiger partial charge in [0.25, 0.3) is 0 Å². The standard InChI is InChI=1S/C14H21NO2/c1-10-4-11(2)6-14(5-10)17-9-13-8-16-12(3)7-15-13/h4-6,12-13,15H,7-9H2,1-3H3. The molecule has 3 heteroatoms. The third-order valence-corrected chi connectivity index (χ3v) is 2.92. The lowest BCUT2D eigenvalue weighted by atomic mass is 10.1. The van der Waals surface area contributed by atoms with E-state index in [0.717, 1.165) is 18.9 Å². The molecule has 1 aliphatic heterocycles. The third kappa shape index (κ3) is 3.72. The highest BCUT2D eigenvalue weighted by molar-refractivity contribution is 5.33. The van der Waals surface area contributed by atoms with Crippen molar-refractivity contribution in [3.05, 3.63) is 29.3 Å². The van der Waals surface area contributed by atoms with E-state index in [0.29, 0.717) is 18.8 Å². The molecule has 1 heterocycles. The lowest BCUT2D eigenvalue weighted by molar-refractivity contribution is 0.00456. The summed E-state index contributed by atoms with van der Waals surface area (Å²) in [5.74, 6) is 0.947. The minimum atomic E-state index is 0.298. The second-order valence-corrected chi connectivity index (χ2v) is 4.88. The Hall–Kier alpha value is -1.06. The molecule has 3 nitrogen and oxygen atoms in total. The summed E-state index contributed by atoms with van der Waals surface area (Å²) in [7, 11) is 0. The van der Waals surface area contributed by atoms with Crippen molar-refractivity contribution in [2.24, 2.45) is 0 Å². The van der Waals surface area contributed by atoms with Gasteiger partial charge in [0.05, 0.1) is 18.8 Å². The number of nitrogens with one attached hydrogen (secondary N) is 1. The second-order valence-electron chi connectivity index (χ2n) is 4.88. The Bertz CT molecular complexity index is 350. The maximum Gasteiger partial charge on any atom is 0.119 e. The topological polar surface area (TPSA) is 30.5 Å². The molecule has 2 rings (SSSR count). The predicted molar refractivity (Wildman–Crippen MR) is 68.6 cm³/mol. The molecule has 0 bridgehead atoms. The van der Waals surface area contributed by atoms with Crippen LogP contribution in [0.5, 0.6) is 5.75 Å². The van der Waals surface area contributed by atoms with Crippen molar-refractivity contribution < 1.29 is 9.47 Å². The van der Waals surface area contributed by atoms with Crippen LogP contribution in [0.3, 0.4) is 0 Å². The van der Waals surface area contributed by atoms with E-state index in [1.807, 2.05) is 0 Å². The van der Waals surface area contributed by atoms with Gasteiger partial charge in [-0.2, -0.15) is 0 Å². The number of benzene rings is 1. The molecule has 0 radical (unpaired) electrons. The fourth-order valence-corrected chi connectivity index (χ4v) is 2.05. The van der Waals surface area contributed by atoms with Crippen molar-refractivity contribution in [2.45, 2.75) is 32.9 Å². The molecule has 1 saturated heterocycles. The molecule has 2 atom stereocenters. The summed E-state index contributed by atoms with van der Waals surface area (Å²) in [5, 5.41) is 3.42. The molecule has 1 aliphatic rings. The molecule has 17 heavy (non-hydrogen) atoms. The van der Waals surface area contributed by atoms with E-state index in [2.05, 4.69) is 44.3 Å². The Kier molecular flexibility index (Phi) is 4.02. The van der Waals surface area contributed by atoms with Crippen LogP contribution in [0.4, 0.5) is 0 Å². The summed E-state index contributed by atoms with van der Waals surface area (Å²) in [6, 6.07) is 6.58. The SMILES string of the molecule is Cc1cc(C)cc(OCC2COC(C)CN2)c1. The molecule has 0 aromatic heterocycles. The largest absolute Gasteiger partial charge is 0.492 e. The van der Waals surface area contributed by atoms with Crippen molar-refractivity contribution in [3.63, 3.8) is 0 Å². The van der Waals surface area contributed by atoms with Crippen LogP contribution in [0.25, 0.3) is 0 Å². The molecule has 1 aromatic rings. The first-order chi connectivity index (χ1) is 8.13. The van der Waals surface area contributed by atoms with Crippen LogP contribution in [0.1, 0.15) is 18.1 Å². The highest BCUT2D eigenvalue weighted by Crippen LogP contribution is 2.16. The highest BCUT2D eigenvalue weighted by Gasteiger charge is 2.18. The summed E-state index contributed by atoms with van der Waals surface area (Å²) in [6.45, 7) is 8.55. The Morgan fingerprint density at radius 2 is 2.00 bits per heavy atom. The van der Waals surface area contributed by atoms with Crippen molar-refractivity contribution >= 4 is 0 Å². The van der Waals surface area contributed by atoms with Crippen molar-refractivity contribution in [3.8, 4) is 5.75 Å². The summed E-state index contributed by atoms with van der Waals surface area (Å²) in [6.07, 6.45) is 0.312. The summed E-state index contributed by atoms with van der Waals surface area (Å²) < 4.78 is 11.4. The van der Waals surface area contributed by atoms with E-state index in [4.69, 9.17) is 9.47 Å². The van der Waals surface area contributed by atoms with Crippen LogP contribution in [0.2, 0.25) is 0 Å². The van der Waals surface area contributed by atoms with E-state index in [-0.39, 0.29) is 0 Å². The first-order valence-electron chi connectivity index (χ1n) is 6.19. The summed E-state index contributed by atoms with van der Waals surface area (Å²) in [4.78, 5) is 0. The van der Waals surface area contributed by atoms with Gasteiger partial charge in [-0.25, -0.2) is 0 Å². The van der Waals surface area contributed by atoms with Gasteiger partial charge in [0.2, 0.25) is 0 Å². The van der Waals surface area contributed by atoms with Crippen LogP contribution >= 0.6 is 0 Å². The summed E-state index contributed by atoms with van der Waals surface area (Å²) >= 11 is 0. The molecule has 1 aromatic carbocycles. The van der Waals surface area contributed by atoms with E-state index in [1.165, 1.54) is 11.1 Å². The number of ether oxygens (including phenoxy) is 2. The molecular weight excluding hydrogens is 214 g/mol. The smallest absolute Gasteiger partial charge is 0.119 e. The van der Waals surface area contributed by atoms with Crippen LogP contribution in [0, 0.1) is 13.8 Å². The molecule has 1 N–H and O–H groups in total. The zero-order valence-electron chi connectivity index (χ0n) is 10.8. The van der Waals surface area contributed by atoms with Gasteiger partial charge >= 0.3 is 0 Å². The molecule has 2 unspecified atom stereocenters. The molecule has 0 spiro atoms. The maximum atomic E-state index is 5.80. The molecule has 0 aliphatic carbocycles. The minimum absolute atomic E-state index is 0.298. The van der Waals surface area contributed by atoms with E-state index >= 15 is 0 Å². The van der Waals surface area contributed by atoms with Gasteiger partial charge in [0.15, 0.2) is 0 Å². The Morgan fingerprint density at radius 3 is 2.59 bits per heavy atom. The highest BCUT2D eigenvalue weighted by atomic mass is 16.5. The molecule has 94 valence electrons. The summed E-state index contributed by atoms with van der Waals surface area (Å²) in [5.41, 5.74) is 2.47. The zero-order valence-corrected chi connectivity index (χ0v) is 10.8. The molecule has 0 saturated carbocycles. The Morgan fingerprint density at radius 1 is 1.29 bits per heavy atom. The molecular formula is C14H21NO2. The number of morpholine rings is 1. The van der Waals surface area contributed by atoms with Gasteiger partial charge in [-0.05, 0) is 44.0 Å². The van der Waals surface area contributed by atoms with Gasteiger partial charge in [-0.1, -0.05) is 6.07 Å². The Labute approximate surface area is 103 Å². The Balaban J connectivity index is 1.85. The molecule has 0 amide bonds. The first-order valence-corrected chi connectivity index (χ1v) is 6.19. The fourth-order valence-electron chi connectivity index (χ4n) is 2.05. The minimum Gasteiger partial charge on any atom is -0.492 e. The lowest BCUT2D eigenvalue weighted by Crippen LogP contribution is -2.48. The average molecular weight is 235 g/mol. The second kappa shape index (κ2) is 5.52. The number of aryl methyl sites for hydroxylation is 2. The number of hydrogen-bond donors (Lipinski definition) is 1. The van der Waals surface area contributed by atoms with Gasteiger partial charge in [-0.3, -0.25) is 0 Å². The van der Waals surface area contributed by atoms with E-state index in [9.17, 15) is 0 Å². The van der Waals surface area contributed by atoms with Crippen LogP contribution < -0.4 is 10.1 Å². The number of rotatable bonds is 3. The predicted octanol–water partition coefficient (Wildman–Crippen LogP) is 2.06. The fraction of sp³-hybridized carbons (Fsp3) is 0.571. The van der Waals surface area contributed by atoms with Gasteiger partial charge < -0.3 is 14.8 Å². The van der Waals surface area contributed by atoms with Crippen LogP contribution in [-0.2, 0) is 4.74 Å². The van der Waals surface area contributed by atoms with Gasteiger partial charge in [-0.15, -0.1) is 0 Å². The molecule has 1 fully saturated rings. The van der Waals surface area contributed by atoms with Gasteiger partial charge in [0, 0.05) is 6.54 Å². The van der Waals surface area contributed by atoms with E-state index in [1.54, 1.807) is 0 Å². The van der Waals surface area contributed by atoms with Crippen LogP contribution in [-0.4, -0.2) is 31.9 Å².